The predicted octanol–water partition coefficient (Wildman–Crippen LogP) is 2.70. The fraction of sp³-hybridized carbons (Fsp3) is 0.316. The molecule has 0 aromatic heterocycles. The molecule has 2 rings (SSSR count). The molecule has 1 amide bonds. The Morgan fingerprint density at radius 1 is 1.18 bits per heavy atom. The van der Waals surface area contributed by atoms with Crippen LogP contribution in [0.3, 0.4) is 0 Å². The Bertz CT molecular complexity index is 920. The van der Waals surface area contributed by atoms with Crippen molar-refractivity contribution in [3.8, 4) is 11.5 Å². The van der Waals surface area contributed by atoms with E-state index in [-0.39, 0.29) is 13.2 Å². The summed E-state index contributed by atoms with van der Waals surface area (Å²) < 4.78 is 36.3. The molecule has 7 nitrogen and oxygen atoms in total. The third-order valence-corrected chi connectivity index (χ3v) is 5.36. The minimum absolute atomic E-state index is 0.203. The number of benzene rings is 2. The van der Waals surface area contributed by atoms with E-state index in [1.165, 1.54) is 13.0 Å². The topological polar surface area (TPSA) is 84.9 Å². The molecule has 9 heteroatoms. The van der Waals surface area contributed by atoms with Gasteiger partial charge in [-0.15, -0.1) is 0 Å². The number of nitrogens with one attached hydrogen (secondary N) is 1. The number of carbonyl (C=O) groups excluding carboxylic acids is 1. The summed E-state index contributed by atoms with van der Waals surface area (Å²) in [6.07, 6.45) is 1.04. The number of hydrogen-bond donors (Lipinski definition) is 1. The van der Waals surface area contributed by atoms with Gasteiger partial charge < -0.3 is 14.8 Å². The van der Waals surface area contributed by atoms with Crippen LogP contribution in [0, 0.1) is 0 Å². The van der Waals surface area contributed by atoms with Crippen molar-refractivity contribution in [2.24, 2.45) is 0 Å². The van der Waals surface area contributed by atoms with Gasteiger partial charge in [0.05, 0.1) is 25.6 Å². The Labute approximate surface area is 170 Å². The minimum Gasteiger partial charge on any atom is -0.493 e. The Balaban J connectivity index is 1.99. The number of hydrogen-bond acceptors (Lipinski definition) is 5. The molecule has 1 atom stereocenters. The van der Waals surface area contributed by atoms with Crippen LogP contribution >= 0.6 is 11.6 Å². The molecule has 0 saturated carbocycles. The van der Waals surface area contributed by atoms with Gasteiger partial charge in [0.15, 0.2) is 11.5 Å². The van der Waals surface area contributed by atoms with Crippen LogP contribution in [0.15, 0.2) is 48.5 Å². The number of para-hydroxylation sites is 2. The molecule has 1 N–H and O–H groups in total. The standard InChI is InChI=1S/C19H23ClN2O5S/c1-14(22(28(3,24)25)16-8-6-7-15(20)13-16)19(23)21-11-12-27-18-10-5-4-9-17(18)26-2/h4-10,13-14H,11-12H2,1-3H3,(H,21,23)/t14-/m1/s1. The first-order valence-corrected chi connectivity index (χ1v) is 10.7. The van der Waals surface area contributed by atoms with Crippen molar-refractivity contribution < 1.29 is 22.7 Å². The molecular formula is C19H23ClN2O5S. The zero-order chi connectivity index (χ0) is 20.7. The van der Waals surface area contributed by atoms with Crippen LogP contribution in [0.4, 0.5) is 5.69 Å². The first-order chi connectivity index (χ1) is 13.2. The van der Waals surface area contributed by atoms with Crippen LogP contribution in [-0.4, -0.2) is 46.9 Å². The van der Waals surface area contributed by atoms with Gasteiger partial charge >= 0.3 is 0 Å². The van der Waals surface area contributed by atoms with Crippen LogP contribution < -0.4 is 19.1 Å². The van der Waals surface area contributed by atoms with Crippen LogP contribution in [0.1, 0.15) is 6.92 Å². The molecule has 0 aliphatic heterocycles. The highest BCUT2D eigenvalue weighted by molar-refractivity contribution is 7.92. The number of ether oxygens (including phenoxy) is 2. The highest BCUT2D eigenvalue weighted by atomic mass is 35.5. The molecular weight excluding hydrogens is 404 g/mol. The highest BCUT2D eigenvalue weighted by Crippen LogP contribution is 2.26. The lowest BCUT2D eigenvalue weighted by molar-refractivity contribution is -0.121. The predicted molar refractivity (Wildman–Crippen MR) is 110 cm³/mol. The fourth-order valence-corrected chi connectivity index (χ4v) is 3.99. The van der Waals surface area contributed by atoms with Crippen molar-refractivity contribution in [2.45, 2.75) is 13.0 Å². The SMILES string of the molecule is COc1ccccc1OCCNC(=O)[C@@H](C)N(c1cccc(Cl)c1)S(C)(=O)=O. The van der Waals surface area contributed by atoms with E-state index < -0.39 is 22.0 Å². The minimum atomic E-state index is -3.70. The summed E-state index contributed by atoms with van der Waals surface area (Å²) in [6.45, 7) is 1.92. The molecule has 0 unspecified atom stereocenters. The van der Waals surface area contributed by atoms with E-state index in [1.54, 1.807) is 37.4 Å². The maximum Gasteiger partial charge on any atom is 0.243 e. The van der Waals surface area contributed by atoms with E-state index >= 15 is 0 Å². The highest BCUT2D eigenvalue weighted by Gasteiger charge is 2.29. The van der Waals surface area contributed by atoms with E-state index in [0.29, 0.717) is 22.2 Å². The number of nitrogens with zero attached hydrogens (tertiary/aromatic N) is 1. The maximum absolute atomic E-state index is 12.5. The molecule has 0 aliphatic carbocycles. The Morgan fingerprint density at radius 3 is 2.46 bits per heavy atom. The monoisotopic (exact) mass is 426 g/mol. The normalized spacial score (nSPS) is 12.1. The van der Waals surface area contributed by atoms with Crippen molar-refractivity contribution in [3.63, 3.8) is 0 Å². The van der Waals surface area contributed by atoms with Crippen molar-refractivity contribution in [1.29, 1.82) is 0 Å². The number of methoxy groups -OCH3 is 1. The number of amides is 1. The number of anilines is 1. The van der Waals surface area contributed by atoms with Gasteiger partial charge in [0.1, 0.15) is 12.6 Å². The first-order valence-electron chi connectivity index (χ1n) is 8.52. The average Bonchev–Trinajstić information content (AvgIpc) is 2.64. The Kier molecular flexibility index (Phi) is 7.53. The van der Waals surface area contributed by atoms with Gasteiger partial charge in [0.25, 0.3) is 0 Å². The summed E-state index contributed by atoms with van der Waals surface area (Å²) in [5, 5.41) is 3.06. The molecule has 152 valence electrons. The third kappa shape index (κ3) is 5.77. The van der Waals surface area contributed by atoms with Gasteiger partial charge in [-0.1, -0.05) is 29.8 Å². The summed E-state index contributed by atoms with van der Waals surface area (Å²) in [7, 11) is -2.15. The molecule has 0 spiro atoms. The van der Waals surface area contributed by atoms with Crippen LogP contribution in [0.5, 0.6) is 11.5 Å². The molecule has 2 aromatic rings. The summed E-state index contributed by atoms with van der Waals surface area (Å²) in [6, 6.07) is 12.5. The quantitative estimate of drug-likeness (QED) is 0.623. The number of sulfonamides is 1. The fourth-order valence-electron chi connectivity index (χ4n) is 2.64. The zero-order valence-corrected chi connectivity index (χ0v) is 17.5. The van der Waals surface area contributed by atoms with E-state index in [2.05, 4.69) is 5.32 Å². The van der Waals surface area contributed by atoms with E-state index in [9.17, 15) is 13.2 Å². The van der Waals surface area contributed by atoms with Crippen LogP contribution in [0.2, 0.25) is 5.02 Å². The summed E-state index contributed by atoms with van der Waals surface area (Å²) in [4.78, 5) is 12.5. The van der Waals surface area contributed by atoms with Gasteiger partial charge in [-0.25, -0.2) is 8.42 Å². The van der Waals surface area contributed by atoms with Gasteiger partial charge in [0, 0.05) is 5.02 Å². The summed E-state index contributed by atoms with van der Waals surface area (Å²) in [5.74, 6) is 0.699. The summed E-state index contributed by atoms with van der Waals surface area (Å²) in [5.41, 5.74) is 0.322. The molecule has 0 heterocycles. The largest absolute Gasteiger partial charge is 0.493 e. The molecule has 0 radical (unpaired) electrons. The Hall–Kier alpha value is -2.45. The smallest absolute Gasteiger partial charge is 0.243 e. The third-order valence-electron chi connectivity index (χ3n) is 3.88. The van der Waals surface area contributed by atoms with Crippen molar-refractivity contribution >= 4 is 33.2 Å². The second-order valence-electron chi connectivity index (χ2n) is 6.01. The molecule has 0 bridgehead atoms. The van der Waals surface area contributed by atoms with E-state index in [1.807, 2.05) is 12.1 Å². The lowest BCUT2D eigenvalue weighted by atomic mass is 10.2. The van der Waals surface area contributed by atoms with Gasteiger partial charge in [0.2, 0.25) is 15.9 Å². The number of carbonyl (C=O) groups is 1. The second-order valence-corrected chi connectivity index (χ2v) is 8.30. The van der Waals surface area contributed by atoms with Gasteiger partial charge in [-0.2, -0.15) is 0 Å². The molecule has 0 aliphatic rings. The van der Waals surface area contributed by atoms with E-state index in [4.69, 9.17) is 21.1 Å². The molecule has 0 saturated heterocycles. The van der Waals surface area contributed by atoms with Crippen LogP contribution in [-0.2, 0) is 14.8 Å². The average molecular weight is 427 g/mol. The summed E-state index contributed by atoms with van der Waals surface area (Å²) >= 11 is 5.96. The maximum atomic E-state index is 12.5. The van der Waals surface area contributed by atoms with Gasteiger partial charge in [-0.3, -0.25) is 9.10 Å². The van der Waals surface area contributed by atoms with Crippen molar-refractivity contribution in [3.05, 3.63) is 53.6 Å². The first kappa shape index (κ1) is 21.8. The lowest BCUT2D eigenvalue weighted by Gasteiger charge is -2.28. The van der Waals surface area contributed by atoms with Gasteiger partial charge in [-0.05, 0) is 37.3 Å². The Morgan fingerprint density at radius 2 is 1.86 bits per heavy atom. The number of rotatable bonds is 9. The number of halogens is 1. The van der Waals surface area contributed by atoms with E-state index in [0.717, 1.165) is 10.6 Å². The zero-order valence-electron chi connectivity index (χ0n) is 15.9. The van der Waals surface area contributed by atoms with Crippen LogP contribution in [0.25, 0.3) is 0 Å². The molecule has 0 fully saturated rings. The molecule has 2 aromatic carbocycles. The van der Waals surface area contributed by atoms with Crippen molar-refractivity contribution in [1.82, 2.24) is 5.32 Å². The second kappa shape index (κ2) is 9.66. The van der Waals surface area contributed by atoms with Crippen molar-refractivity contribution in [2.75, 3.05) is 30.8 Å². The molecule has 28 heavy (non-hydrogen) atoms. The lowest BCUT2D eigenvalue weighted by Crippen LogP contribution is -2.48.